The summed E-state index contributed by atoms with van der Waals surface area (Å²) in [5, 5.41) is 23.3. The predicted octanol–water partition coefficient (Wildman–Crippen LogP) is 3.71. The number of rotatable bonds is 4. The largest absolute Gasteiger partial charge is 0.507 e. The van der Waals surface area contributed by atoms with E-state index in [9.17, 15) is 5.11 Å². The van der Waals surface area contributed by atoms with Gasteiger partial charge >= 0.3 is 0 Å². The lowest BCUT2D eigenvalue weighted by atomic mass is 10.2. The molecular weight excluding hydrogens is 328 g/mol. The number of para-hydroxylation sites is 2. The average molecular weight is 346 g/mol. The molecule has 0 amide bonds. The number of hydrogen-bond donors (Lipinski definition) is 2. The van der Waals surface area contributed by atoms with Crippen LogP contribution in [0.1, 0.15) is 25.5 Å². The van der Waals surface area contributed by atoms with E-state index in [1.54, 1.807) is 18.2 Å². The standard InChI is InChI=1S/C19H18N6O/c1-12(2)25-15-9-5-4-8-14(15)17-18(25)21-19(24-22-17)23-20-11-13-7-3-6-10-16(13)26/h3-12,26H,1-2H3,(H,21,23,24)/b20-11+. The maximum absolute atomic E-state index is 9.76. The monoisotopic (exact) mass is 346 g/mol. The van der Waals surface area contributed by atoms with Gasteiger partial charge in [0.2, 0.25) is 0 Å². The Morgan fingerprint density at radius 2 is 1.85 bits per heavy atom. The van der Waals surface area contributed by atoms with E-state index in [2.05, 4.69) is 50.2 Å². The first-order chi connectivity index (χ1) is 12.6. The number of hydrogen-bond acceptors (Lipinski definition) is 6. The second-order valence-electron chi connectivity index (χ2n) is 6.22. The van der Waals surface area contributed by atoms with Crippen LogP contribution in [0.2, 0.25) is 0 Å². The lowest BCUT2D eigenvalue weighted by molar-refractivity contribution is 0.474. The van der Waals surface area contributed by atoms with Crippen LogP contribution in [0.4, 0.5) is 5.95 Å². The van der Waals surface area contributed by atoms with Crippen molar-refractivity contribution in [2.75, 3.05) is 5.43 Å². The first-order valence-electron chi connectivity index (χ1n) is 8.35. The first-order valence-corrected chi connectivity index (χ1v) is 8.35. The van der Waals surface area contributed by atoms with Crippen molar-refractivity contribution in [3.63, 3.8) is 0 Å². The van der Waals surface area contributed by atoms with E-state index in [-0.39, 0.29) is 11.8 Å². The van der Waals surface area contributed by atoms with Gasteiger partial charge in [0, 0.05) is 17.0 Å². The quantitative estimate of drug-likeness (QED) is 0.434. The molecule has 2 aromatic heterocycles. The van der Waals surface area contributed by atoms with Crippen LogP contribution < -0.4 is 5.43 Å². The van der Waals surface area contributed by atoms with E-state index in [0.29, 0.717) is 11.5 Å². The third kappa shape index (κ3) is 2.73. The lowest BCUT2D eigenvalue weighted by Gasteiger charge is -2.10. The van der Waals surface area contributed by atoms with Crippen LogP contribution in [-0.2, 0) is 0 Å². The minimum Gasteiger partial charge on any atom is -0.507 e. The summed E-state index contributed by atoms with van der Waals surface area (Å²) in [6, 6.07) is 15.2. The van der Waals surface area contributed by atoms with Crippen LogP contribution in [-0.4, -0.2) is 31.1 Å². The highest BCUT2D eigenvalue weighted by atomic mass is 16.3. The number of nitrogens with zero attached hydrogens (tertiary/aromatic N) is 5. The number of nitrogens with one attached hydrogen (secondary N) is 1. The van der Waals surface area contributed by atoms with Crippen LogP contribution >= 0.6 is 0 Å². The zero-order chi connectivity index (χ0) is 18.1. The number of phenols is 1. The number of anilines is 1. The summed E-state index contributed by atoms with van der Waals surface area (Å²) < 4.78 is 2.14. The maximum atomic E-state index is 9.76. The number of hydrazone groups is 1. The highest BCUT2D eigenvalue weighted by Gasteiger charge is 2.16. The highest BCUT2D eigenvalue weighted by Crippen LogP contribution is 2.29. The van der Waals surface area contributed by atoms with E-state index in [1.807, 2.05) is 24.3 Å². The van der Waals surface area contributed by atoms with Crippen LogP contribution in [0, 0.1) is 0 Å². The van der Waals surface area contributed by atoms with Gasteiger partial charge in [-0.25, -0.2) is 5.43 Å². The molecule has 0 aliphatic carbocycles. The van der Waals surface area contributed by atoms with E-state index >= 15 is 0 Å². The number of phenolic OH excluding ortho intramolecular Hbond substituents is 1. The van der Waals surface area contributed by atoms with Gasteiger partial charge in [0.15, 0.2) is 5.65 Å². The molecule has 7 nitrogen and oxygen atoms in total. The molecule has 4 aromatic rings. The van der Waals surface area contributed by atoms with Crippen molar-refractivity contribution in [2.45, 2.75) is 19.9 Å². The van der Waals surface area contributed by atoms with Crippen LogP contribution in [0.5, 0.6) is 5.75 Å². The first kappa shape index (κ1) is 16.0. The zero-order valence-corrected chi connectivity index (χ0v) is 14.5. The molecule has 0 aliphatic heterocycles. The van der Waals surface area contributed by atoms with Gasteiger partial charge in [-0.1, -0.05) is 30.3 Å². The maximum Gasteiger partial charge on any atom is 0.265 e. The summed E-state index contributed by atoms with van der Waals surface area (Å²) >= 11 is 0. The fourth-order valence-electron chi connectivity index (χ4n) is 2.98. The van der Waals surface area contributed by atoms with Crippen LogP contribution in [0.25, 0.3) is 22.1 Å². The van der Waals surface area contributed by atoms with Gasteiger partial charge in [-0.05, 0) is 32.0 Å². The zero-order valence-electron chi connectivity index (χ0n) is 14.5. The van der Waals surface area contributed by atoms with Gasteiger partial charge in [-0.3, -0.25) is 0 Å². The average Bonchev–Trinajstić information content (AvgIpc) is 2.97. The Bertz CT molecular complexity index is 1120. The second kappa shape index (κ2) is 6.44. The smallest absolute Gasteiger partial charge is 0.265 e. The summed E-state index contributed by atoms with van der Waals surface area (Å²) in [5.74, 6) is 0.460. The summed E-state index contributed by atoms with van der Waals surface area (Å²) in [5.41, 5.74) is 5.99. The number of aromatic nitrogens is 4. The molecule has 4 rings (SSSR count). The number of fused-ring (bicyclic) bond motifs is 3. The van der Waals surface area contributed by atoms with Crippen molar-refractivity contribution < 1.29 is 5.11 Å². The molecule has 0 unspecified atom stereocenters. The third-order valence-electron chi connectivity index (χ3n) is 4.14. The molecule has 2 N–H and O–H groups in total. The Balaban J connectivity index is 1.72. The Hall–Kier alpha value is -3.48. The molecule has 2 aromatic carbocycles. The molecule has 0 atom stereocenters. The van der Waals surface area contributed by atoms with Gasteiger partial charge in [0.1, 0.15) is 11.3 Å². The van der Waals surface area contributed by atoms with E-state index in [0.717, 1.165) is 22.1 Å². The molecule has 0 saturated carbocycles. The molecular formula is C19H18N6O. The van der Waals surface area contributed by atoms with Gasteiger partial charge in [-0.2, -0.15) is 10.1 Å². The third-order valence-corrected chi connectivity index (χ3v) is 4.14. The van der Waals surface area contributed by atoms with Crippen molar-refractivity contribution in [1.82, 2.24) is 19.7 Å². The molecule has 0 radical (unpaired) electrons. The fraction of sp³-hybridized carbons (Fsp3) is 0.158. The van der Waals surface area contributed by atoms with Crippen molar-refractivity contribution in [3.05, 3.63) is 54.1 Å². The van der Waals surface area contributed by atoms with Crippen LogP contribution in [0.3, 0.4) is 0 Å². The SMILES string of the molecule is CC(C)n1c2ccccc2c2nnc(N/N=C/c3ccccc3O)nc21. The minimum atomic E-state index is 0.160. The van der Waals surface area contributed by atoms with Crippen LogP contribution in [0.15, 0.2) is 53.6 Å². The molecule has 0 spiro atoms. The molecule has 0 bridgehead atoms. The Morgan fingerprint density at radius 3 is 2.65 bits per heavy atom. The fourth-order valence-corrected chi connectivity index (χ4v) is 2.98. The molecule has 26 heavy (non-hydrogen) atoms. The number of benzene rings is 2. The molecule has 2 heterocycles. The van der Waals surface area contributed by atoms with E-state index in [4.69, 9.17) is 0 Å². The Kier molecular flexibility index (Phi) is 3.96. The van der Waals surface area contributed by atoms with Gasteiger partial charge in [0.05, 0.1) is 11.7 Å². The topological polar surface area (TPSA) is 88.2 Å². The summed E-state index contributed by atoms with van der Waals surface area (Å²) in [6.45, 7) is 4.22. The van der Waals surface area contributed by atoms with Crippen molar-refractivity contribution in [2.24, 2.45) is 5.10 Å². The normalized spacial score (nSPS) is 11.8. The molecule has 130 valence electrons. The Labute approximate surface area is 150 Å². The van der Waals surface area contributed by atoms with E-state index < -0.39 is 0 Å². The highest BCUT2D eigenvalue weighted by molar-refractivity contribution is 6.04. The lowest BCUT2D eigenvalue weighted by Crippen LogP contribution is -2.04. The summed E-state index contributed by atoms with van der Waals surface area (Å²) in [7, 11) is 0. The minimum absolute atomic E-state index is 0.160. The van der Waals surface area contributed by atoms with Crippen molar-refractivity contribution in [3.8, 4) is 5.75 Å². The second-order valence-corrected chi connectivity index (χ2v) is 6.22. The molecule has 0 saturated heterocycles. The molecule has 0 fully saturated rings. The summed E-state index contributed by atoms with van der Waals surface area (Å²) in [6.07, 6.45) is 1.51. The van der Waals surface area contributed by atoms with Crippen molar-refractivity contribution >= 4 is 34.2 Å². The van der Waals surface area contributed by atoms with Crippen molar-refractivity contribution in [1.29, 1.82) is 0 Å². The van der Waals surface area contributed by atoms with Gasteiger partial charge in [-0.15, -0.1) is 10.2 Å². The predicted molar refractivity (Wildman–Crippen MR) is 103 cm³/mol. The van der Waals surface area contributed by atoms with E-state index in [1.165, 1.54) is 6.21 Å². The summed E-state index contributed by atoms with van der Waals surface area (Å²) in [4.78, 5) is 4.59. The number of aromatic hydroxyl groups is 1. The molecule has 0 aliphatic rings. The van der Waals surface area contributed by atoms with Gasteiger partial charge in [0.25, 0.3) is 5.95 Å². The Morgan fingerprint density at radius 1 is 1.08 bits per heavy atom. The molecule has 7 heteroatoms. The van der Waals surface area contributed by atoms with Gasteiger partial charge < -0.3 is 9.67 Å².